The Bertz CT molecular complexity index is 847. The molecule has 1 aliphatic heterocycles. The zero-order chi connectivity index (χ0) is 19.3. The Morgan fingerprint density at radius 1 is 1.14 bits per heavy atom. The third kappa shape index (κ3) is 4.50. The average Bonchev–Trinajstić information content (AvgIpc) is 3.22. The molecule has 1 aliphatic carbocycles. The van der Waals surface area contributed by atoms with Crippen molar-refractivity contribution >= 4 is 11.8 Å². The molecule has 0 spiro atoms. The number of morpholine rings is 1. The predicted molar refractivity (Wildman–Crippen MR) is 113 cm³/mol. The molecule has 4 rings (SSSR count). The van der Waals surface area contributed by atoms with Crippen molar-refractivity contribution in [3.63, 3.8) is 0 Å². The van der Waals surface area contributed by atoms with E-state index in [1.54, 1.807) is 11.8 Å². The van der Waals surface area contributed by atoms with Gasteiger partial charge in [0.1, 0.15) is 5.03 Å². The highest BCUT2D eigenvalue weighted by molar-refractivity contribution is 7.99. The molecule has 0 saturated carbocycles. The third-order valence-corrected chi connectivity index (χ3v) is 6.90. The molecule has 1 atom stereocenters. The zero-order valence-electron chi connectivity index (χ0n) is 16.6. The van der Waals surface area contributed by atoms with Gasteiger partial charge in [-0.25, -0.2) is 4.79 Å². The van der Waals surface area contributed by atoms with Gasteiger partial charge in [-0.05, 0) is 38.2 Å². The molecule has 0 N–H and O–H groups in total. The van der Waals surface area contributed by atoms with Crippen molar-refractivity contribution in [1.29, 1.82) is 0 Å². The summed E-state index contributed by atoms with van der Waals surface area (Å²) in [6.07, 6.45) is 4.14. The monoisotopic (exact) mass is 399 g/mol. The molecule has 28 heavy (non-hydrogen) atoms. The van der Waals surface area contributed by atoms with E-state index < -0.39 is 0 Å². The van der Waals surface area contributed by atoms with Crippen LogP contribution in [0.4, 0.5) is 0 Å². The summed E-state index contributed by atoms with van der Waals surface area (Å²) in [5.41, 5.74) is 3.73. The lowest BCUT2D eigenvalue weighted by Gasteiger charge is -2.26. The molecule has 1 fully saturated rings. The van der Waals surface area contributed by atoms with E-state index in [4.69, 9.17) is 4.74 Å². The second-order valence-electron chi connectivity index (χ2n) is 7.61. The Morgan fingerprint density at radius 3 is 2.71 bits per heavy atom. The average molecular weight is 400 g/mol. The molecule has 1 saturated heterocycles. The Balaban J connectivity index is 1.47. The fourth-order valence-corrected chi connectivity index (χ4v) is 5.27. The van der Waals surface area contributed by atoms with Crippen molar-refractivity contribution in [3.8, 4) is 0 Å². The number of rotatable bonds is 7. The minimum atomic E-state index is -0.0783. The van der Waals surface area contributed by atoms with Crippen LogP contribution >= 0.6 is 11.8 Å². The van der Waals surface area contributed by atoms with E-state index in [1.165, 1.54) is 16.8 Å². The SMILES string of the molecule is CC(Sc1nc(=O)n(CCCN2CCOCC2)c2c1CCC2)c1ccccc1. The van der Waals surface area contributed by atoms with Crippen LogP contribution < -0.4 is 5.69 Å². The van der Waals surface area contributed by atoms with E-state index in [9.17, 15) is 4.79 Å². The Hall–Kier alpha value is -1.63. The molecule has 2 heterocycles. The van der Waals surface area contributed by atoms with Gasteiger partial charge >= 0.3 is 5.69 Å². The van der Waals surface area contributed by atoms with Crippen molar-refractivity contribution in [3.05, 3.63) is 57.6 Å². The summed E-state index contributed by atoms with van der Waals surface area (Å²) in [4.78, 5) is 19.7. The molecular formula is C22H29N3O2S. The molecule has 1 unspecified atom stereocenters. The summed E-state index contributed by atoms with van der Waals surface area (Å²) in [6.45, 7) is 7.62. The van der Waals surface area contributed by atoms with Crippen molar-refractivity contribution in [2.24, 2.45) is 0 Å². The van der Waals surface area contributed by atoms with Crippen LogP contribution in [0.25, 0.3) is 0 Å². The number of fused-ring (bicyclic) bond motifs is 1. The molecule has 0 amide bonds. The predicted octanol–water partition coefficient (Wildman–Crippen LogP) is 3.31. The molecule has 150 valence electrons. The smallest absolute Gasteiger partial charge is 0.348 e. The maximum absolute atomic E-state index is 12.8. The van der Waals surface area contributed by atoms with Crippen LogP contribution in [0, 0.1) is 0 Å². The van der Waals surface area contributed by atoms with Crippen LogP contribution in [-0.4, -0.2) is 47.3 Å². The molecule has 0 radical (unpaired) electrons. The fourth-order valence-electron chi connectivity index (χ4n) is 4.15. The molecule has 1 aromatic carbocycles. The first-order valence-corrected chi connectivity index (χ1v) is 11.2. The van der Waals surface area contributed by atoms with Crippen molar-refractivity contribution < 1.29 is 4.74 Å². The van der Waals surface area contributed by atoms with Gasteiger partial charge in [0.25, 0.3) is 0 Å². The zero-order valence-corrected chi connectivity index (χ0v) is 17.4. The third-order valence-electron chi connectivity index (χ3n) is 5.72. The highest BCUT2D eigenvalue weighted by Crippen LogP contribution is 2.37. The van der Waals surface area contributed by atoms with Crippen molar-refractivity contribution in [1.82, 2.24) is 14.5 Å². The van der Waals surface area contributed by atoms with Gasteiger partial charge in [0.2, 0.25) is 0 Å². The standard InChI is InChI=1S/C22H29N3O2S/c1-17(18-7-3-2-4-8-18)28-21-19-9-5-10-20(19)25(22(26)23-21)12-6-11-24-13-15-27-16-14-24/h2-4,7-8,17H,5-6,9-16H2,1H3. The lowest BCUT2D eigenvalue weighted by molar-refractivity contribution is 0.0368. The Morgan fingerprint density at radius 2 is 1.93 bits per heavy atom. The molecule has 5 nitrogen and oxygen atoms in total. The van der Waals surface area contributed by atoms with E-state index in [-0.39, 0.29) is 10.9 Å². The van der Waals surface area contributed by atoms with Gasteiger partial charge in [0.05, 0.1) is 13.2 Å². The number of ether oxygens (including phenoxy) is 1. The first-order valence-electron chi connectivity index (χ1n) is 10.4. The van der Waals surface area contributed by atoms with E-state index in [0.29, 0.717) is 0 Å². The van der Waals surface area contributed by atoms with Crippen LogP contribution in [0.3, 0.4) is 0 Å². The van der Waals surface area contributed by atoms with E-state index in [2.05, 4.69) is 41.1 Å². The topological polar surface area (TPSA) is 47.4 Å². The minimum absolute atomic E-state index is 0.0783. The van der Waals surface area contributed by atoms with Gasteiger partial charge in [0, 0.05) is 42.7 Å². The highest BCUT2D eigenvalue weighted by atomic mass is 32.2. The summed E-state index contributed by atoms with van der Waals surface area (Å²) in [7, 11) is 0. The van der Waals surface area contributed by atoms with Crippen LogP contribution in [-0.2, 0) is 24.1 Å². The molecular weight excluding hydrogens is 370 g/mol. The second kappa shape index (κ2) is 9.25. The lowest BCUT2D eigenvalue weighted by atomic mass is 10.2. The van der Waals surface area contributed by atoms with E-state index >= 15 is 0 Å². The summed E-state index contributed by atoms with van der Waals surface area (Å²) in [6, 6.07) is 10.5. The largest absolute Gasteiger partial charge is 0.379 e. The number of nitrogens with zero attached hydrogens (tertiary/aromatic N) is 3. The summed E-state index contributed by atoms with van der Waals surface area (Å²) < 4.78 is 7.36. The van der Waals surface area contributed by atoms with E-state index in [0.717, 1.165) is 70.1 Å². The lowest BCUT2D eigenvalue weighted by Crippen LogP contribution is -2.37. The van der Waals surface area contributed by atoms with Crippen LogP contribution in [0.1, 0.15) is 41.8 Å². The minimum Gasteiger partial charge on any atom is -0.379 e. The van der Waals surface area contributed by atoms with Gasteiger partial charge in [-0.15, -0.1) is 0 Å². The Kier molecular flexibility index (Phi) is 6.50. The number of hydrogen-bond donors (Lipinski definition) is 0. The highest BCUT2D eigenvalue weighted by Gasteiger charge is 2.23. The normalized spacial score (nSPS) is 18.2. The van der Waals surface area contributed by atoms with Crippen LogP contribution in [0.15, 0.2) is 40.2 Å². The molecule has 6 heteroatoms. The number of benzene rings is 1. The van der Waals surface area contributed by atoms with Crippen LogP contribution in [0.5, 0.6) is 0 Å². The molecule has 2 aromatic rings. The maximum Gasteiger partial charge on any atom is 0.348 e. The number of hydrogen-bond acceptors (Lipinski definition) is 5. The maximum atomic E-state index is 12.8. The second-order valence-corrected chi connectivity index (χ2v) is 8.94. The molecule has 2 aliphatic rings. The van der Waals surface area contributed by atoms with Gasteiger partial charge in [-0.1, -0.05) is 42.1 Å². The fraction of sp³-hybridized carbons (Fsp3) is 0.545. The Labute approximate surface area is 171 Å². The first-order chi connectivity index (χ1) is 13.7. The van der Waals surface area contributed by atoms with E-state index in [1.807, 2.05) is 10.6 Å². The summed E-state index contributed by atoms with van der Waals surface area (Å²) in [5, 5.41) is 1.23. The van der Waals surface area contributed by atoms with Crippen molar-refractivity contribution in [2.45, 2.75) is 49.4 Å². The number of thioether (sulfide) groups is 1. The molecule has 0 bridgehead atoms. The van der Waals surface area contributed by atoms with Gasteiger partial charge in [-0.2, -0.15) is 4.98 Å². The van der Waals surface area contributed by atoms with Crippen molar-refractivity contribution in [2.75, 3.05) is 32.8 Å². The van der Waals surface area contributed by atoms with Gasteiger partial charge < -0.3 is 4.74 Å². The van der Waals surface area contributed by atoms with Gasteiger partial charge in [0.15, 0.2) is 0 Å². The first kappa shape index (κ1) is 19.7. The quantitative estimate of drug-likeness (QED) is 0.528. The van der Waals surface area contributed by atoms with Crippen LogP contribution in [0.2, 0.25) is 0 Å². The number of aromatic nitrogens is 2. The summed E-state index contributed by atoms with van der Waals surface area (Å²) >= 11 is 1.72. The molecule has 1 aromatic heterocycles. The van der Waals surface area contributed by atoms with Gasteiger partial charge in [-0.3, -0.25) is 9.47 Å². The summed E-state index contributed by atoms with van der Waals surface area (Å²) in [5.74, 6) is 0.